The van der Waals surface area contributed by atoms with Gasteiger partial charge < -0.3 is 10.6 Å². The van der Waals surface area contributed by atoms with Crippen LogP contribution in [0, 0.1) is 5.92 Å². The van der Waals surface area contributed by atoms with Crippen LogP contribution >= 0.6 is 0 Å². The zero-order valence-electron chi connectivity index (χ0n) is 9.59. The monoisotopic (exact) mass is 210 g/mol. The molecule has 1 atom stereocenters. The van der Waals surface area contributed by atoms with Gasteiger partial charge in [0.15, 0.2) is 0 Å². The Morgan fingerprint density at radius 3 is 2.87 bits per heavy atom. The van der Waals surface area contributed by atoms with Crippen molar-refractivity contribution < 1.29 is 4.79 Å². The average molecular weight is 210 g/mol. The Balaban J connectivity index is 1.56. The van der Waals surface area contributed by atoms with E-state index in [4.69, 9.17) is 0 Å². The van der Waals surface area contributed by atoms with Crippen molar-refractivity contribution in [3.05, 3.63) is 0 Å². The van der Waals surface area contributed by atoms with Gasteiger partial charge in [0.2, 0.25) is 5.91 Å². The first-order valence-electron chi connectivity index (χ1n) is 6.27. The van der Waals surface area contributed by atoms with Crippen LogP contribution in [0.25, 0.3) is 0 Å². The molecule has 1 amide bonds. The summed E-state index contributed by atoms with van der Waals surface area (Å²) in [5.74, 6) is 1.06. The zero-order chi connectivity index (χ0) is 10.7. The molecule has 3 nitrogen and oxygen atoms in total. The Labute approximate surface area is 92.0 Å². The van der Waals surface area contributed by atoms with Gasteiger partial charge in [0.05, 0.1) is 0 Å². The van der Waals surface area contributed by atoms with Crippen molar-refractivity contribution in [3.63, 3.8) is 0 Å². The van der Waals surface area contributed by atoms with Gasteiger partial charge in [-0.05, 0) is 44.6 Å². The summed E-state index contributed by atoms with van der Waals surface area (Å²) in [6.45, 7) is 3.37. The van der Waals surface area contributed by atoms with Gasteiger partial charge in [-0.1, -0.05) is 6.92 Å². The second kappa shape index (κ2) is 4.97. The van der Waals surface area contributed by atoms with E-state index in [0.29, 0.717) is 18.5 Å². The van der Waals surface area contributed by atoms with Gasteiger partial charge in [0.25, 0.3) is 0 Å². The molecule has 2 aliphatic rings. The number of amides is 1. The lowest BCUT2D eigenvalue weighted by atomic mass is 9.82. The van der Waals surface area contributed by atoms with E-state index in [0.717, 1.165) is 18.9 Å². The van der Waals surface area contributed by atoms with Crippen LogP contribution < -0.4 is 10.6 Å². The predicted octanol–water partition coefficient (Wildman–Crippen LogP) is 1.43. The molecule has 0 aromatic heterocycles. The fourth-order valence-electron chi connectivity index (χ4n) is 2.63. The number of rotatable bonds is 4. The van der Waals surface area contributed by atoms with Gasteiger partial charge in [0, 0.05) is 18.5 Å². The highest BCUT2D eigenvalue weighted by Crippen LogP contribution is 2.26. The van der Waals surface area contributed by atoms with Crippen LogP contribution in [-0.4, -0.2) is 24.5 Å². The van der Waals surface area contributed by atoms with Crippen molar-refractivity contribution in [1.82, 2.24) is 10.6 Å². The van der Waals surface area contributed by atoms with Crippen LogP contribution in [0.4, 0.5) is 0 Å². The number of hydrogen-bond donors (Lipinski definition) is 2. The average Bonchev–Trinajstić information content (AvgIpc) is 2.65. The van der Waals surface area contributed by atoms with Crippen LogP contribution in [0.2, 0.25) is 0 Å². The molecular weight excluding hydrogens is 188 g/mol. The van der Waals surface area contributed by atoms with E-state index in [1.54, 1.807) is 0 Å². The molecule has 15 heavy (non-hydrogen) atoms. The summed E-state index contributed by atoms with van der Waals surface area (Å²) in [4.78, 5) is 11.6. The summed E-state index contributed by atoms with van der Waals surface area (Å²) < 4.78 is 0. The van der Waals surface area contributed by atoms with Gasteiger partial charge in [-0.3, -0.25) is 4.79 Å². The minimum Gasteiger partial charge on any atom is -0.353 e. The molecule has 0 aromatic carbocycles. The predicted molar refractivity (Wildman–Crippen MR) is 60.6 cm³/mol. The highest BCUT2D eigenvalue weighted by atomic mass is 16.1. The first-order valence-corrected chi connectivity index (χ1v) is 6.27. The third-order valence-corrected chi connectivity index (χ3v) is 3.62. The summed E-state index contributed by atoms with van der Waals surface area (Å²) >= 11 is 0. The molecule has 1 saturated heterocycles. The van der Waals surface area contributed by atoms with Gasteiger partial charge in [-0.15, -0.1) is 0 Å². The third kappa shape index (κ3) is 3.20. The van der Waals surface area contributed by atoms with Gasteiger partial charge in [-0.2, -0.15) is 0 Å². The van der Waals surface area contributed by atoms with E-state index in [1.807, 2.05) is 0 Å². The zero-order valence-corrected chi connectivity index (χ0v) is 9.59. The first-order chi connectivity index (χ1) is 7.24. The Morgan fingerprint density at radius 1 is 1.47 bits per heavy atom. The summed E-state index contributed by atoms with van der Waals surface area (Å²) in [6, 6.07) is 1.07. The highest BCUT2D eigenvalue weighted by Gasteiger charge is 2.26. The standard InChI is InChI=1S/C12H22N2O/c1-9-7-11(8-9)14-12(15)5-4-10-3-2-6-13-10/h9-11,13H,2-8H2,1H3,(H,14,15). The summed E-state index contributed by atoms with van der Waals surface area (Å²) in [5.41, 5.74) is 0. The molecule has 0 bridgehead atoms. The van der Waals surface area contributed by atoms with E-state index >= 15 is 0 Å². The van der Waals surface area contributed by atoms with E-state index in [-0.39, 0.29) is 5.91 Å². The van der Waals surface area contributed by atoms with Crippen molar-refractivity contribution in [2.24, 2.45) is 5.92 Å². The lowest BCUT2D eigenvalue weighted by Crippen LogP contribution is -2.43. The van der Waals surface area contributed by atoms with Crippen LogP contribution in [0.5, 0.6) is 0 Å². The third-order valence-electron chi connectivity index (χ3n) is 3.62. The Morgan fingerprint density at radius 2 is 2.27 bits per heavy atom. The van der Waals surface area contributed by atoms with E-state index < -0.39 is 0 Å². The van der Waals surface area contributed by atoms with Crippen molar-refractivity contribution in [1.29, 1.82) is 0 Å². The van der Waals surface area contributed by atoms with E-state index in [2.05, 4.69) is 17.6 Å². The van der Waals surface area contributed by atoms with Crippen molar-refractivity contribution >= 4 is 5.91 Å². The summed E-state index contributed by atoms with van der Waals surface area (Å²) in [5, 5.41) is 6.52. The Bertz CT molecular complexity index is 218. The van der Waals surface area contributed by atoms with Crippen molar-refractivity contribution in [2.75, 3.05) is 6.54 Å². The summed E-state index contributed by atoms with van der Waals surface area (Å²) in [6.07, 6.45) is 6.57. The largest absolute Gasteiger partial charge is 0.353 e. The maximum Gasteiger partial charge on any atom is 0.220 e. The molecule has 2 N–H and O–H groups in total. The van der Waals surface area contributed by atoms with Gasteiger partial charge >= 0.3 is 0 Å². The molecule has 0 spiro atoms. The maximum absolute atomic E-state index is 11.6. The fourth-order valence-corrected chi connectivity index (χ4v) is 2.63. The molecule has 1 unspecified atom stereocenters. The minimum atomic E-state index is 0.251. The van der Waals surface area contributed by atoms with Crippen molar-refractivity contribution in [2.45, 2.75) is 57.5 Å². The summed E-state index contributed by atoms with van der Waals surface area (Å²) in [7, 11) is 0. The van der Waals surface area contributed by atoms with Crippen molar-refractivity contribution in [3.8, 4) is 0 Å². The SMILES string of the molecule is CC1CC(NC(=O)CCC2CCCN2)C1. The second-order valence-corrected chi connectivity index (χ2v) is 5.17. The normalized spacial score (nSPS) is 34.9. The lowest BCUT2D eigenvalue weighted by molar-refractivity contribution is -0.122. The van der Waals surface area contributed by atoms with Crippen LogP contribution in [0.1, 0.15) is 45.4 Å². The smallest absolute Gasteiger partial charge is 0.220 e. The lowest BCUT2D eigenvalue weighted by Gasteiger charge is -2.33. The van der Waals surface area contributed by atoms with Gasteiger partial charge in [0.1, 0.15) is 0 Å². The fraction of sp³-hybridized carbons (Fsp3) is 0.917. The van der Waals surface area contributed by atoms with Gasteiger partial charge in [-0.25, -0.2) is 0 Å². The molecule has 1 aliphatic carbocycles. The molecule has 1 heterocycles. The molecular formula is C12H22N2O. The Hall–Kier alpha value is -0.570. The van der Waals surface area contributed by atoms with Crippen LogP contribution in [-0.2, 0) is 4.79 Å². The second-order valence-electron chi connectivity index (χ2n) is 5.17. The van der Waals surface area contributed by atoms with Crippen LogP contribution in [0.3, 0.4) is 0 Å². The quantitative estimate of drug-likeness (QED) is 0.737. The number of hydrogen-bond acceptors (Lipinski definition) is 2. The van der Waals surface area contributed by atoms with Crippen LogP contribution in [0.15, 0.2) is 0 Å². The molecule has 1 saturated carbocycles. The molecule has 2 rings (SSSR count). The molecule has 0 radical (unpaired) electrons. The number of carbonyl (C=O) groups excluding carboxylic acids is 1. The first kappa shape index (κ1) is 10.9. The topological polar surface area (TPSA) is 41.1 Å². The molecule has 1 aliphatic heterocycles. The molecule has 86 valence electrons. The molecule has 2 fully saturated rings. The Kier molecular flexibility index (Phi) is 3.62. The molecule has 3 heteroatoms. The maximum atomic E-state index is 11.6. The highest BCUT2D eigenvalue weighted by molar-refractivity contribution is 5.76. The van der Waals surface area contributed by atoms with E-state index in [9.17, 15) is 4.79 Å². The molecule has 0 aromatic rings. The minimum absolute atomic E-state index is 0.251. The number of carbonyl (C=O) groups is 1. The van der Waals surface area contributed by atoms with E-state index in [1.165, 1.54) is 25.7 Å². The number of nitrogens with one attached hydrogen (secondary N) is 2.